The molecular weight excluding hydrogens is 400 g/mol. The topological polar surface area (TPSA) is 68.2 Å². The van der Waals surface area contributed by atoms with Gasteiger partial charge < -0.3 is 10.1 Å². The van der Waals surface area contributed by atoms with Crippen LogP contribution in [0.25, 0.3) is 0 Å². The minimum absolute atomic E-state index is 0.0833. The highest BCUT2D eigenvalue weighted by Gasteiger charge is 2.42. The molecule has 1 heterocycles. The minimum atomic E-state index is -3.57. The fraction of sp³-hybridized carbons (Fsp3) is 0.400. The van der Waals surface area contributed by atoms with Gasteiger partial charge in [-0.2, -0.15) is 0 Å². The second-order valence-corrected chi connectivity index (χ2v) is 9.09. The lowest BCUT2D eigenvalue weighted by Crippen LogP contribution is -2.36. The van der Waals surface area contributed by atoms with Crippen LogP contribution in [0, 0.1) is 11.6 Å². The SMILES string of the molecule is CO[C@@H](CCN1c2ccccc2N(c2ccc(F)cc2F)S1(O)O)CNC1CC1. The van der Waals surface area contributed by atoms with Gasteiger partial charge in [0.25, 0.3) is 0 Å². The number of ether oxygens (including phenoxy) is 1. The Morgan fingerprint density at radius 3 is 2.52 bits per heavy atom. The summed E-state index contributed by atoms with van der Waals surface area (Å²) in [7, 11) is -1.94. The maximum absolute atomic E-state index is 14.5. The quantitative estimate of drug-likeness (QED) is 0.572. The number of rotatable bonds is 8. The molecule has 1 atom stereocenters. The van der Waals surface area contributed by atoms with Crippen LogP contribution in [0.15, 0.2) is 42.5 Å². The lowest BCUT2D eigenvalue weighted by molar-refractivity contribution is 0.0963. The van der Waals surface area contributed by atoms with Crippen molar-refractivity contribution in [3.63, 3.8) is 0 Å². The number of hydrogen-bond donors (Lipinski definition) is 3. The molecule has 2 aromatic rings. The molecule has 0 bridgehead atoms. The van der Waals surface area contributed by atoms with Gasteiger partial charge in [0, 0.05) is 32.3 Å². The molecule has 6 nitrogen and oxygen atoms in total. The molecule has 0 amide bonds. The molecule has 9 heteroatoms. The van der Waals surface area contributed by atoms with E-state index in [4.69, 9.17) is 4.74 Å². The molecule has 29 heavy (non-hydrogen) atoms. The summed E-state index contributed by atoms with van der Waals surface area (Å²) in [4.78, 5) is 0. The first-order valence-electron chi connectivity index (χ1n) is 9.58. The van der Waals surface area contributed by atoms with Crippen LogP contribution in [0.1, 0.15) is 19.3 Å². The van der Waals surface area contributed by atoms with E-state index < -0.39 is 22.6 Å². The summed E-state index contributed by atoms with van der Waals surface area (Å²) in [6, 6.07) is 10.6. The monoisotopic (exact) mass is 425 g/mol. The standard InChI is InChI=1S/C20H25F2N3O3S/c1-28-16(13-23-15-7-8-15)10-11-24-19-4-2-3-5-20(19)25(29(24,26)27)18-9-6-14(21)12-17(18)22/h2-6,9,12,15-16,23,26-27H,7-8,10-11,13H2,1H3/t16-/m0/s1. The molecule has 3 N–H and O–H groups in total. The molecule has 1 aliphatic heterocycles. The molecule has 1 saturated carbocycles. The summed E-state index contributed by atoms with van der Waals surface area (Å²) in [5, 5.41) is 3.41. The van der Waals surface area contributed by atoms with Gasteiger partial charge in [-0.05, 0) is 54.5 Å². The molecule has 1 aliphatic carbocycles. The van der Waals surface area contributed by atoms with E-state index in [0.29, 0.717) is 36.9 Å². The third-order valence-corrected chi connectivity index (χ3v) is 7.09. The van der Waals surface area contributed by atoms with E-state index in [1.165, 1.54) is 23.2 Å². The Bertz CT molecular complexity index is 882. The number of nitrogens with one attached hydrogen (secondary N) is 1. The zero-order valence-corrected chi connectivity index (χ0v) is 16.9. The summed E-state index contributed by atoms with van der Waals surface area (Å²) in [6.07, 6.45) is 2.82. The number of anilines is 3. The van der Waals surface area contributed by atoms with Gasteiger partial charge in [0.2, 0.25) is 0 Å². The van der Waals surface area contributed by atoms with Crippen LogP contribution in [0.3, 0.4) is 0 Å². The molecule has 4 rings (SSSR count). The van der Waals surface area contributed by atoms with Gasteiger partial charge in [-0.3, -0.25) is 13.4 Å². The maximum Gasteiger partial charge on any atom is 0.151 e. The predicted molar refractivity (Wildman–Crippen MR) is 112 cm³/mol. The van der Waals surface area contributed by atoms with Crippen LogP contribution in [-0.2, 0) is 4.74 Å². The Hall–Kier alpha value is -1.91. The van der Waals surface area contributed by atoms with Crippen LogP contribution in [0.5, 0.6) is 0 Å². The van der Waals surface area contributed by atoms with E-state index in [-0.39, 0.29) is 11.8 Å². The van der Waals surface area contributed by atoms with Gasteiger partial charge in [0.1, 0.15) is 11.5 Å². The first kappa shape index (κ1) is 20.4. The Kier molecular flexibility index (Phi) is 5.67. The number of halogens is 2. The molecule has 0 aromatic heterocycles. The average Bonchev–Trinajstić information content (AvgIpc) is 3.48. The van der Waals surface area contributed by atoms with Crippen molar-refractivity contribution in [2.45, 2.75) is 31.4 Å². The van der Waals surface area contributed by atoms with E-state index >= 15 is 0 Å². The minimum Gasteiger partial charge on any atom is -0.380 e. The number of para-hydroxylation sites is 2. The molecule has 2 aromatic carbocycles. The number of nitrogens with zero attached hydrogens (tertiary/aromatic N) is 2. The van der Waals surface area contributed by atoms with Crippen molar-refractivity contribution in [1.29, 1.82) is 0 Å². The molecule has 0 unspecified atom stereocenters. The fourth-order valence-electron chi connectivity index (χ4n) is 3.51. The van der Waals surface area contributed by atoms with Gasteiger partial charge in [-0.25, -0.2) is 13.1 Å². The maximum atomic E-state index is 14.5. The number of methoxy groups -OCH3 is 1. The van der Waals surface area contributed by atoms with Crippen molar-refractivity contribution < 1.29 is 22.6 Å². The Labute approximate surface area is 170 Å². The van der Waals surface area contributed by atoms with E-state index in [1.54, 1.807) is 31.4 Å². The van der Waals surface area contributed by atoms with Crippen molar-refractivity contribution >= 4 is 28.0 Å². The molecule has 0 radical (unpaired) electrons. The molecule has 2 aliphatic rings. The van der Waals surface area contributed by atoms with Crippen LogP contribution >= 0.6 is 11.0 Å². The smallest absolute Gasteiger partial charge is 0.151 e. The normalized spacial score (nSPS) is 19.9. The lowest BCUT2D eigenvalue weighted by Gasteiger charge is -2.44. The van der Waals surface area contributed by atoms with E-state index in [0.717, 1.165) is 16.4 Å². The highest BCUT2D eigenvalue weighted by atomic mass is 32.3. The van der Waals surface area contributed by atoms with Gasteiger partial charge in [0.05, 0.1) is 17.5 Å². The van der Waals surface area contributed by atoms with Crippen LogP contribution in [0.2, 0.25) is 0 Å². The molecule has 0 saturated heterocycles. The number of hydrogen-bond acceptors (Lipinski definition) is 6. The summed E-state index contributed by atoms with van der Waals surface area (Å²) in [5.41, 5.74) is 0.962. The van der Waals surface area contributed by atoms with E-state index in [2.05, 4.69) is 5.32 Å². The van der Waals surface area contributed by atoms with Gasteiger partial charge in [-0.15, -0.1) is 0 Å². The first-order chi connectivity index (χ1) is 13.9. The third-order valence-electron chi connectivity index (χ3n) is 5.24. The van der Waals surface area contributed by atoms with E-state index in [9.17, 15) is 17.9 Å². The van der Waals surface area contributed by atoms with Crippen LogP contribution < -0.4 is 13.9 Å². The summed E-state index contributed by atoms with van der Waals surface area (Å²) < 4.78 is 58.2. The zero-order chi connectivity index (χ0) is 20.6. The predicted octanol–water partition coefficient (Wildman–Crippen LogP) is 4.66. The second kappa shape index (κ2) is 8.08. The van der Waals surface area contributed by atoms with E-state index in [1.807, 2.05) is 0 Å². The zero-order valence-electron chi connectivity index (χ0n) is 16.1. The van der Waals surface area contributed by atoms with Crippen molar-refractivity contribution in [3.8, 4) is 0 Å². The number of benzene rings is 2. The highest BCUT2D eigenvalue weighted by molar-refractivity contribution is 8.27. The van der Waals surface area contributed by atoms with Crippen LogP contribution in [0.4, 0.5) is 25.8 Å². The summed E-state index contributed by atoms with van der Waals surface area (Å²) in [5.74, 6) is -1.58. The highest BCUT2D eigenvalue weighted by Crippen LogP contribution is 2.64. The Morgan fingerprint density at radius 2 is 1.86 bits per heavy atom. The first-order valence-corrected chi connectivity index (χ1v) is 11.0. The second-order valence-electron chi connectivity index (χ2n) is 7.30. The van der Waals surface area contributed by atoms with Gasteiger partial charge >= 0.3 is 0 Å². The van der Waals surface area contributed by atoms with Crippen molar-refractivity contribution in [3.05, 3.63) is 54.1 Å². The van der Waals surface area contributed by atoms with Gasteiger partial charge in [-0.1, -0.05) is 12.1 Å². The largest absolute Gasteiger partial charge is 0.380 e. The fourth-order valence-corrected chi connectivity index (χ4v) is 5.31. The Morgan fingerprint density at radius 1 is 1.14 bits per heavy atom. The van der Waals surface area contributed by atoms with Crippen molar-refractivity contribution in [2.24, 2.45) is 0 Å². The van der Waals surface area contributed by atoms with Crippen LogP contribution in [-0.4, -0.2) is 41.5 Å². The molecule has 158 valence electrons. The van der Waals surface area contributed by atoms with Crippen molar-refractivity contribution in [1.82, 2.24) is 5.32 Å². The molecule has 1 fully saturated rings. The van der Waals surface area contributed by atoms with Gasteiger partial charge in [0.15, 0.2) is 5.82 Å². The molecular formula is C20H25F2N3O3S. The Balaban J connectivity index is 1.59. The third kappa shape index (κ3) is 4.06. The van der Waals surface area contributed by atoms with Crippen molar-refractivity contribution in [2.75, 3.05) is 28.8 Å². The number of fused-ring (bicyclic) bond motifs is 1. The summed E-state index contributed by atoms with van der Waals surface area (Å²) >= 11 is 0. The average molecular weight is 426 g/mol. The molecule has 0 spiro atoms. The lowest BCUT2D eigenvalue weighted by atomic mass is 10.2. The summed E-state index contributed by atoms with van der Waals surface area (Å²) in [6.45, 7) is 0.996.